The summed E-state index contributed by atoms with van der Waals surface area (Å²) in [7, 11) is 0. The van der Waals surface area contributed by atoms with Gasteiger partial charge in [-0.3, -0.25) is 14.5 Å². The molecule has 7 heteroatoms. The molecule has 118 valence electrons. The summed E-state index contributed by atoms with van der Waals surface area (Å²) in [5.41, 5.74) is 1.14. The van der Waals surface area contributed by atoms with E-state index in [4.69, 9.17) is 0 Å². The summed E-state index contributed by atoms with van der Waals surface area (Å²) in [6.07, 6.45) is 6.14. The van der Waals surface area contributed by atoms with Gasteiger partial charge in [-0.2, -0.15) is 0 Å². The van der Waals surface area contributed by atoms with Crippen molar-refractivity contribution in [2.75, 3.05) is 29.6 Å². The molecule has 1 aliphatic carbocycles. The standard InChI is InChI=1S/C15H19N3O2S2/c1-2-7-18(13(19)8-17-10-21-9-14(17)20)15-16-11-5-3-4-6-12(11)22-15/h2H,1,3-10H2. The minimum absolute atomic E-state index is 0.0373. The highest BCUT2D eigenvalue weighted by molar-refractivity contribution is 8.00. The maximum absolute atomic E-state index is 12.6. The van der Waals surface area contributed by atoms with Crippen molar-refractivity contribution in [3.8, 4) is 0 Å². The van der Waals surface area contributed by atoms with Crippen molar-refractivity contribution >= 4 is 40.0 Å². The zero-order chi connectivity index (χ0) is 15.5. The molecule has 0 N–H and O–H groups in total. The van der Waals surface area contributed by atoms with Gasteiger partial charge < -0.3 is 4.90 Å². The van der Waals surface area contributed by atoms with Crippen molar-refractivity contribution in [2.24, 2.45) is 0 Å². The van der Waals surface area contributed by atoms with Crippen LogP contribution in [-0.4, -0.2) is 46.4 Å². The van der Waals surface area contributed by atoms with Crippen LogP contribution in [0.15, 0.2) is 12.7 Å². The highest BCUT2D eigenvalue weighted by Gasteiger charge is 2.27. The highest BCUT2D eigenvalue weighted by atomic mass is 32.2. The molecular weight excluding hydrogens is 318 g/mol. The van der Waals surface area contributed by atoms with Crippen molar-refractivity contribution < 1.29 is 9.59 Å². The molecule has 0 unspecified atom stereocenters. The van der Waals surface area contributed by atoms with Crippen LogP contribution in [0, 0.1) is 0 Å². The topological polar surface area (TPSA) is 53.5 Å². The second-order valence-corrected chi connectivity index (χ2v) is 7.45. The molecule has 0 spiro atoms. The molecule has 2 amide bonds. The number of hydrogen-bond donors (Lipinski definition) is 0. The summed E-state index contributed by atoms with van der Waals surface area (Å²) in [4.78, 5) is 33.5. The fraction of sp³-hybridized carbons (Fsp3) is 0.533. The Hall–Kier alpha value is -1.34. The normalized spacial score (nSPS) is 17.5. The van der Waals surface area contributed by atoms with E-state index in [-0.39, 0.29) is 18.4 Å². The maximum atomic E-state index is 12.6. The summed E-state index contributed by atoms with van der Waals surface area (Å²) in [6.45, 7) is 4.30. The van der Waals surface area contributed by atoms with E-state index in [0.29, 0.717) is 18.2 Å². The van der Waals surface area contributed by atoms with Gasteiger partial charge in [-0.25, -0.2) is 4.98 Å². The van der Waals surface area contributed by atoms with E-state index in [1.165, 1.54) is 17.7 Å². The van der Waals surface area contributed by atoms with Crippen LogP contribution in [0.25, 0.3) is 0 Å². The molecule has 1 aliphatic heterocycles. The van der Waals surface area contributed by atoms with Crippen LogP contribution in [0.5, 0.6) is 0 Å². The number of rotatable bonds is 5. The van der Waals surface area contributed by atoms with Gasteiger partial charge in [-0.05, 0) is 25.7 Å². The fourth-order valence-corrected chi connectivity index (χ4v) is 4.74. The third kappa shape index (κ3) is 3.20. The average Bonchev–Trinajstić information content (AvgIpc) is 3.11. The highest BCUT2D eigenvalue weighted by Crippen LogP contribution is 2.32. The smallest absolute Gasteiger partial charge is 0.248 e. The lowest BCUT2D eigenvalue weighted by molar-refractivity contribution is -0.131. The zero-order valence-corrected chi connectivity index (χ0v) is 14.0. The van der Waals surface area contributed by atoms with Gasteiger partial charge >= 0.3 is 0 Å². The second kappa shape index (κ2) is 6.83. The van der Waals surface area contributed by atoms with Crippen LogP contribution in [0.1, 0.15) is 23.4 Å². The van der Waals surface area contributed by atoms with E-state index < -0.39 is 0 Å². The molecule has 1 aromatic rings. The van der Waals surface area contributed by atoms with E-state index in [0.717, 1.165) is 23.7 Å². The lowest BCUT2D eigenvalue weighted by atomic mass is 10.0. The summed E-state index contributed by atoms with van der Waals surface area (Å²) in [6, 6.07) is 0. The number of amides is 2. The molecule has 0 radical (unpaired) electrons. The Labute approximate surface area is 138 Å². The van der Waals surface area contributed by atoms with Gasteiger partial charge in [-0.1, -0.05) is 6.08 Å². The molecule has 1 saturated heterocycles. The number of anilines is 1. The number of hydrogen-bond acceptors (Lipinski definition) is 5. The van der Waals surface area contributed by atoms with Crippen molar-refractivity contribution in [2.45, 2.75) is 25.7 Å². The third-order valence-electron chi connectivity index (χ3n) is 3.83. The zero-order valence-electron chi connectivity index (χ0n) is 12.4. The van der Waals surface area contributed by atoms with Gasteiger partial charge in [0.1, 0.15) is 6.54 Å². The van der Waals surface area contributed by atoms with Crippen LogP contribution in [0.3, 0.4) is 0 Å². The first-order valence-corrected chi connectivity index (χ1v) is 9.41. The number of thioether (sulfide) groups is 1. The first-order valence-electron chi connectivity index (χ1n) is 7.44. The number of carbonyl (C=O) groups excluding carboxylic acids is 2. The Morgan fingerprint density at radius 2 is 2.23 bits per heavy atom. The van der Waals surface area contributed by atoms with Gasteiger partial charge in [0.15, 0.2) is 5.13 Å². The average molecular weight is 337 g/mol. The van der Waals surface area contributed by atoms with Crippen LogP contribution in [0.4, 0.5) is 5.13 Å². The molecule has 3 rings (SSSR count). The number of aromatic nitrogens is 1. The summed E-state index contributed by atoms with van der Waals surface area (Å²) in [5, 5.41) is 0.746. The minimum Gasteiger partial charge on any atom is -0.323 e. The predicted molar refractivity (Wildman–Crippen MR) is 90.3 cm³/mol. The van der Waals surface area contributed by atoms with Gasteiger partial charge in [0.2, 0.25) is 11.8 Å². The lowest BCUT2D eigenvalue weighted by Crippen LogP contribution is -2.41. The molecule has 22 heavy (non-hydrogen) atoms. The molecule has 1 fully saturated rings. The summed E-state index contributed by atoms with van der Waals surface area (Å²) >= 11 is 3.16. The maximum Gasteiger partial charge on any atom is 0.248 e. The van der Waals surface area contributed by atoms with Crippen LogP contribution in [0.2, 0.25) is 0 Å². The van der Waals surface area contributed by atoms with Crippen molar-refractivity contribution in [3.05, 3.63) is 23.2 Å². The van der Waals surface area contributed by atoms with E-state index in [1.54, 1.807) is 39.0 Å². The SMILES string of the molecule is C=CCN(C(=O)CN1CSCC1=O)c1nc2c(s1)CCCC2. The Bertz CT molecular complexity index is 576. The monoisotopic (exact) mass is 337 g/mol. The summed E-state index contributed by atoms with van der Waals surface area (Å²) in [5.74, 6) is 1.03. The van der Waals surface area contributed by atoms with Crippen molar-refractivity contribution in [1.29, 1.82) is 0 Å². The largest absolute Gasteiger partial charge is 0.323 e. The second-order valence-electron chi connectivity index (χ2n) is 5.44. The van der Waals surface area contributed by atoms with Gasteiger partial charge in [0.25, 0.3) is 0 Å². The van der Waals surface area contributed by atoms with E-state index >= 15 is 0 Å². The summed E-state index contributed by atoms with van der Waals surface area (Å²) < 4.78 is 0. The van der Waals surface area contributed by atoms with Crippen LogP contribution in [-0.2, 0) is 22.4 Å². The first kappa shape index (κ1) is 15.6. The van der Waals surface area contributed by atoms with Crippen molar-refractivity contribution in [3.63, 3.8) is 0 Å². The number of carbonyl (C=O) groups is 2. The Kier molecular flexibility index (Phi) is 4.83. The van der Waals surface area contributed by atoms with Gasteiger partial charge in [0, 0.05) is 11.4 Å². The van der Waals surface area contributed by atoms with E-state index in [2.05, 4.69) is 11.6 Å². The molecule has 0 saturated carbocycles. The quantitative estimate of drug-likeness (QED) is 0.772. The van der Waals surface area contributed by atoms with Crippen LogP contribution < -0.4 is 4.90 Å². The Morgan fingerprint density at radius 1 is 1.41 bits per heavy atom. The molecule has 1 aromatic heterocycles. The van der Waals surface area contributed by atoms with Gasteiger partial charge in [-0.15, -0.1) is 29.7 Å². The first-order chi connectivity index (χ1) is 10.7. The van der Waals surface area contributed by atoms with Crippen LogP contribution >= 0.6 is 23.1 Å². The minimum atomic E-state index is -0.0816. The lowest BCUT2D eigenvalue weighted by Gasteiger charge is -2.21. The molecular formula is C15H19N3O2S2. The molecule has 0 bridgehead atoms. The Morgan fingerprint density at radius 3 is 2.91 bits per heavy atom. The molecule has 0 atom stereocenters. The predicted octanol–water partition coefficient (Wildman–Crippen LogP) is 2.07. The number of fused-ring (bicyclic) bond motifs is 1. The number of nitrogens with zero attached hydrogens (tertiary/aromatic N) is 3. The molecule has 2 aliphatic rings. The third-order valence-corrected chi connectivity index (χ3v) is 5.96. The Balaban J connectivity index is 1.76. The molecule has 5 nitrogen and oxygen atoms in total. The fourth-order valence-electron chi connectivity index (χ4n) is 2.66. The van der Waals surface area contributed by atoms with Gasteiger partial charge in [0.05, 0.1) is 17.3 Å². The molecule has 0 aromatic carbocycles. The molecule has 2 heterocycles. The number of thiazole rings is 1. The number of aryl methyl sites for hydroxylation is 2. The van der Waals surface area contributed by atoms with E-state index in [1.807, 2.05) is 0 Å². The van der Waals surface area contributed by atoms with E-state index in [9.17, 15) is 9.59 Å². The van der Waals surface area contributed by atoms with Crippen molar-refractivity contribution in [1.82, 2.24) is 9.88 Å².